The van der Waals surface area contributed by atoms with Gasteiger partial charge in [-0.3, -0.25) is 9.59 Å². The molecule has 0 radical (unpaired) electrons. The van der Waals surface area contributed by atoms with Crippen LogP contribution >= 0.6 is 0 Å². The maximum Gasteiger partial charge on any atom is 0.410 e. The molecule has 11 nitrogen and oxygen atoms in total. The topological polar surface area (TPSA) is 138 Å². The minimum absolute atomic E-state index is 0.0450. The van der Waals surface area contributed by atoms with Crippen LogP contribution in [0.4, 0.5) is 4.79 Å². The van der Waals surface area contributed by atoms with Crippen LogP contribution in [0.25, 0.3) is 0 Å². The molecule has 0 aliphatic carbocycles. The van der Waals surface area contributed by atoms with E-state index in [9.17, 15) is 24.6 Å². The first-order valence-electron chi connectivity index (χ1n) is 17.2. The Hall–Kier alpha value is -2.73. The number of ether oxygens (including phenoxy) is 4. The van der Waals surface area contributed by atoms with Crippen molar-refractivity contribution in [1.82, 2.24) is 9.80 Å². The molecule has 1 amide bonds. The number of epoxide rings is 1. The summed E-state index contributed by atoms with van der Waals surface area (Å²) in [6.45, 7) is 15.9. The predicted octanol–water partition coefficient (Wildman–Crippen LogP) is 4.41. The summed E-state index contributed by atoms with van der Waals surface area (Å²) in [4.78, 5) is 41.2. The van der Waals surface area contributed by atoms with Crippen molar-refractivity contribution in [3.63, 3.8) is 0 Å². The van der Waals surface area contributed by atoms with E-state index in [0.29, 0.717) is 13.1 Å². The summed E-state index contributed by atoms with van der Waals surface area (Å²) < 4.78 is 23.2. The third kappa shape index (κ3) is 12.0. The highest BCUT2D eigenvalue weighted by atomic mass is 16.6. The number of esters is 2. The van der Waals surface area contributed by atoms with E-state index in [-0.39, 0.29) is 61.4 Å². The van der Waals surface area contributed by atoms with E-state index >= 15 is 0 Å². The molecule has 0 aromatic rings. The van der Waals surface area contributed by atoms with Crippen LogP contribution in [-0.2, 0) is 28.5 Å². The zero-order valence-corrected chi connectivity index (χ0v) is 29.6. The summed E-state index contributed by atoms with van der Waals surface area (Å²) >= 11 is 0. The Morgan fingerprint density at radius 1 is 1.17 bits per heavy atom. The fourth-order valence-electron chi connectivity index (χ4n) is 6.34. The Labute approximate surface area is 280 Å². The van der Waals surface area contributed by atoms with Gasteiger partial charge >= 0.3 is 18.0 Å². The van der Waals surface area contributed by atoms with Gasteiger partial charge < -0.3 is 39.0 Å². The standard InChI is InChI=1S/C36H58N2O9/c1-9-29(46-35(42)38-19-17-37(8)18-20-38)26(5)34-30(45-34)21-23(2)11-10-12-24(3)33-25(4)13-14-31(44-27(6)39)36(7,43)16-15-28(40)22-32(41)47-33/h10-14,23,25-26,28-31,33-34,40,43H,9,15-22H2,1-8H3/b11-10+,14-13+,24-12+. The first-order chi connectivity index (χ1) is 22.1. The number of carbonyl (C=O) groups excluding carboxylic acids is 3. The van der Waals surface area contributed by atoms with Gasteiger partial charge in [0, 0.05) is 44.9 Å². The molecule has 3 rings (SSSR count). The van der Waals surface area contributed by atoms with Crippen LogP contribution in [0.15, 0.2) is 36.0 Å². The summed E-state index contributed by atoms with van der Waals surface area (Å²) in [5.74, 6) is -1.04. The molecule has 0 spiro atoms. The van der Waals surface area contributed by atoms with Crippen LogP contribution in [0.1, 0.15) is 80.6 Å². The third-order valence-corrected chi connectivity index (χ3v) is 9.61. The van der Waals surface area contributed by atoms with Crippen molar-refractivity contribution in [3.05, 3.63) is 36.0 Å². The smallest absolute Gasteiger partial charge is 0.410 e. The van der Waals surface area contributed by atoms with Crippen LogP contribution in [0.3, 0.4) is 0 Å². The number of hydrogen-bond donors (Lipinski definition) is 2. The minimum atomic E-state index is -1.42. The highest BCUT2D eigenvalue weighted by Crippen LogP contribution is 2.37. The lowest BCUT2D eigenvalue weighted by Crippen LogP contribution is -2.48. The van der Waals surface area contributed by atoms with Crippen LogP contribution in [0, 0.1) is 17.8 Å². The van der Waals surface area contributed by atoms with Gasteiger partial charge in [0.25, 0.3) is 0 Å². The lowest BCUT2D eigenvalue weighted by atomic mass is 9.88. The molecule has 11 heteroatoms. The van der Waals surface area contributed by atoms with E-state index < -0.39 is 35.9 Å². The van der Waals surface area contributed by atoms with Crippen molar-refractivity contribution < 1.29 is 43.5 Å². The molecule has 47 heavy (non-hydrogen) atoms. The molecule has 2 N–H and O–H groups in total. The van der Waals surface area contributed by atoms with Gasteiger partial charge in [0.15, 0.2) is 0 Å². The number of likely N-dealkylation sites (N-methyl/N-ethyl adjacent to an activating group) is 1. The van der Waals surface area contributed by atoms with Crippen molar-refractivity contribution in [2.45, 2.75) is 123 Å². The summed E-state index contributed by atoms with van der Waals surface area (Å²) in [6.07, 6.45) is 8.20. The Kier molecular flexibility index (Phi) is 14.5. The average molecular weight is 663 g/mol. The number of nitrogens with zero attached hydrogens (tertiary/aromatic N) is 2. The van der Waals surface area contributed by atoms with Crippen molar-refractivity contribution in [2.24, 2.45) is 17.8 Å². The largest absolute Gasteiger partial charge is 0.457 e. The number of carbonyl (C=O) groups is 3. The summed E-state index contributed by atoms with van der Waals surface area (Å²) in [5, 5.41) is 21.4. The molecule has 3 aliphatic heterocycles. The van der Waals surface area contributed by atoms with Crippen molar-refractivity contribution in [2.75, 3.05) is 33.2 Å². The average Bonchev–Trinajstić information content (AvgIpc) is 3.77. The molecule has 0 aromatic heterocycles. The summed E-state index contributed by atoms with van der Waals surface area (Å²) in [5.41, 5.74) is -0.608. The quantitative estimate of drug-likeness (QED) is 0.114. The maximum atomic E-state index is 12.8. The lowest BCUT2D eigenvalue weighted by molar-refractivity contribution is -0.157. The molecule has 10 atom stereocenters. The molecule has 10 unspecified atom stereocenters. The van der Waals surface area contributed by atoms with Gasteiger partial charge in [-0.05, 0) is 64.1 Å². The van der Waals surface area contributed by atoms with Crippen molar-refractivity contribution >= 4 is 18.0 Å². The normalized spacial score (nSPS) is 34.0. The fraction of sp³-hybridized carbons (Fsp3) is 0.750. The number of aliphatic hydroxyl groups excluding tert-OH is 1. The minimum Gasteiger partial charge on any atom is -0.457 e. The molecule has 2 fully saturated rings. The van der Waals surface area contributed by atoms with Gasteiger partial charge in [-0.15, -0.1) is 0 Å². The third-order valence-electron chi connectivity index (χ3n) is 9.61. The van der Waals surface area contributed by atoms with Crippen LogP contribution < -0.4 is 0 Å². The maximum absolute atomic E-state index is 12.8. The number of piperazine rings is 1. The van der Waals surface area contributed by atoms with E-state index in [1.54, 1.807) is 24.0 Å². The number of aliphatic hydroxyl groups is 2. The second-order valence-electron chi connectivity index (χ2n) is 14.1. The van der Waals surface area contributed by atoms with E-state index in [1.165, 1.54) is 6.92 Å². The van der Waals surface area contributed by atoms with Crippen molar-refractivity contribution in [1.29, 1.82) is 0 Å². The molecular weight excluding hydrogens is 604 g/mol. The van der Waals surface area contributed by atoms with E-state index in [2.05, 4.69) is 31.9 Å². The summed E-state index contributed by atoms with van der Waals surface area (Å²) in [6, 6.07) is 0. The molecule has 266 valence electrons. The SMILES string of the molecule is CCC(OC(=O)N1CCN(C)CC1)C(C)C1OC1CC(C)/C=C/C=C(\C)C1OC(=O)CC(O)CCC(C)(O)C(OC(C)=O)/C=C/C1C. The first kappa shape index (κ1) is 38.7. The molecule has 3 heterocycles. The van der Waals surface area contributed by atoms with E-state index in [4.69, 9.17) is 18.9 Å². The monoisotopic (exact) mass is 662 g/mol. The number of cyclic esters (lactones) is 1. The van der Waals surface area contributed by atoms with Crippen LogP contribution in [0.2, 0.25) is 0 Å². The number of amides is 1. The molecular formula is C36H58N2O9. The molecule has 0 bridgehead atoms. The molecule has 0 saturated carbocycles. The first-order valence-corrected chi connectivity index (χ1v) is 17.2. The van der Waals surface area contributed by atoms with Gasteiger partial charge in [-0.25, -0.2) is 4.79 Å². The van der Waals surface area contributed by atoms with Gasteiger partial charge in [0.05, 0.1) is 24.7 Å². The zero-order chi connectivity index (χ0) is 34.9. The highest BCUT2D eigenvalue weighted by molar-refractivity contribution is 5.70. The van der Waals surface area contributed by atoms with Crippen LogP contribution in [-0.4, -0.2) is 113 Å². The predicted molar refractivity (Wildman–Crippen MR) is 178 cm³/mol. The number of rotatable bonds is 10. The second-order valence-corrected chi connectivity index (χ2v) is 14.1. The Balaban J connectivity index is 1.59. The highest BCUT2D eigenvalue weighted by Gasteiger charge is 2.46. The van der Waals surface area contributed by atoms with E-state index in [1.807, 2.05) is 32.9 Å². The van der Waals surface area contributed by atoms with Gasteiger partial charge in [-0.2, -0.15) is 0 Å². The van der Waals surface area contributed by atoms with Gasteiger partial charge in [-0.1, -0.05) is 52.0 Å². The molecule has 0 aromatic carbocycles. The Morgan fingerprint density at radius 3 is 2.49 bits per heavy atom. The lowest BCUT2D eigenvalue weighted by Gasteiger charge is -2.33. The van der Waals surface area contributed by atoms with Crippen LogP contribution in [0.5, 0.6) is 0 Å². The van der Waals surface area contributed by atoms with Gasteiger partial charge in [0.1, 0.15) is 23.9 Å². The molecule has 3 aliphatic rings. The number of allylic oxidation sites excluding steroid dienone is 3. The Morgan fingerprint density at radius 2 is 1.85 bits per heavy atom. The van der Waals surface area contributed by atoms with Crippen molar-refractivity contribution in [3.8, 4) is 0 Å². The van der Waals surface area contributed by atoms with Gasteiger partial charge in [0.2, 0.25) is 0 Å². The molecule has 2 saturated heterocycles. The fourth-order valence-corrected chi connectivity index (χ4v) is 6.34. The second kappa shape index (κ2) is 17.6. The zero-order valence-electron chi connectivity index (χ0n) is 29.6. The number of hydrogen-bond acceptors (Lipinski definition) is 10. The van der Waals surface area contributed by atoms with E-state index in [0.717, 1.165) is 31.5 Å². The Bertz CT molecular complexity index is 1140. The summed E-state index contributed by atoms with van der Waals surface area (Å²) in [7, 11) is 2.05.